The van der Waals surface area contributed by atoms with Gasteiger partial charge in [-0.15, -0.1) is 0 Å². The number of nitrogens with one attached hydrogen (secondary N) is 1. The number of aryl methyl sites for hydroxylation is 1. The van der Waals surface area contributed by atoms with Crippen molar-refractivity contribution in [3.63, 3.8) is 0 Å². The minimum Gasteiger partial charge on any atom is -0.467 e. The first kappa shape index (κ1) is 20.7. The van der Waals surface area contributed by atoms with Crippen LogP contribution in [0.1, 0.15) is 39.5 Å². The third kappa shape index (κ3) is 4.45. The van der Waals surface area contributed by atoms with Crippen LogP contribution < -0.4 is 5.32 Å². The highest BCUT2D eigenvalue weighted by atomic mass is 35.5. The van der Waals surface area contributed by atoms with E-state index in [9.17, 15) is 4.79 Å². The van der Waals surface area contributed by atoms with Gasteiger partial charge in [-0.05, 0) is 56.0 Å². The Labute approximate surface area is 181 Å². The molecule has 1 amide bonds. The second kappa shape index (κ2) is 9.06. The van der Waals surface area contributed by atoms with Crippen molar-refractivity contribution in [3.8, 4) is 0 Å². The molecule has 7 heteroatoms. The van der Waals surface area contributed by atoms with Gasteiger partial charge < -0.3 is 14.6 Å². The molecule has 4 rings (SSSR count). The minimum absolute atomic E-state index is 0.0695. The summed E-state index contributed by atoms with van der Waals surface area (Å²) in [7, 11) is 3.71. The molecule has 0 fully saturated rings. The highest BCUT2D eigenvalue weighted by Crippen LogP contribution is 2.26. The van der Waals surface area contributed by atoms with Crippen molar-refractivity contribution in [1.29, 1.82) is 0 Å². The number of halogens is 1. The van der Waals surface area contributed by atoms with E-state index >= 15 is 0 Å². The van der Waals surface area contributed by atoms with E-state index in [-0.39, 0.29) is 5.91 Å². The molecule has 0 saturated carbocycles. The molecule has 0 aliphatic heterocycles. The van der Waals surface area contributed by atoms with Crippen LogP contribution in [0.25, 0.3) is 0 Å². The van der Waals surface area contributed by atoms with Gasteiger partial charge in [-0.1, -0.05) is 29.8 Å². The first-order chi connectivity index (χ1) is 14.5. The van der Waals surface area contributed by atoms with Gasteiger partial charge in [-0.25, -0.2) is 0 Å². The van der Waals surface area contributed by atoms with Gasteiger partial charge in [0.1, 0.15) is 5.76 Å². The lowest BCUT2D eigenvalue weighted by molar-refractivity contribution is 0.0767. The summed E-state index contributed by atoms with van der Waals surface area (Å²) in [5.74, 6) is 0.690. The third-order valence-electron chi connectivity index (χ3n) is 5.76. The predicted octanol–water partition coefficient (Wildman–Crippen LogP) is 3.63. The van der Waals surface area contributed by atoms with Gasteiger partial charge in [0.15, 0.2) is 5.69 Å². The summed E-state index contributed by atoms with van der Waals surface area (Å²) in [5.41, 5.74) is 3.93. The summed E-state index contributed by atoms with van der Waals surface area (Å²) < 4.78 is 7.24. The lowest BCUT2D eigenvalue weighted by atomic mass is 9.91. The smallest absolute Gasteiger partial charge is 0.274 e. The molecule has 30 heavy (non-hydrogen) atoms. The standard InChI is InChI=1S/C23H27ClN4O2/c1-27(15-18-7-5-13-30-18)23(29)22-19-14-17(9-10-21(19)28(2)26-22)25-12-11-16-6-3-4-8-20(16)24/h3-8,13,17,25H,9-12,14-15H2,1-2H3/t17-/m0/s1. The Morgan fingerprint density at radius 3 is 2.93 bits per heavy atom. The van der Waals surface area contributed by atoms with Crippen molar-refractivity contribution in [2.45, 2.75) is 38.3 Å². The van der Waals surface area contributed by atoms with Crippen molar-refractivity contribution < 1.29 is 9.21 Å². The average molecular weight is 427 g/mol. The molecular weight excluding hydrogens is 400 g/mol. The van der Waals surface area contributed by atoms with Crippen LogP contribution in [0, 0.1) is 0 Å². The summed E-state index contributed by atoms with van der Waals surface area (Å²) in [5, 5.41) is 9.02. The largest absolute Gasteiger partial charge is 0.467 e. The Morgan fingerprint density at radius 2 is 2.17 bits per heavy atom. The normalized spacial score (nSPS) is 15.8. The van der Waals surface area contributed by atoms with Gasteiger partial charge in [0.2, 0.25) is 0 Å². The molecule has 1 aromatic carbocycles. The number of furan rings is 1. The molecule has 0 radical (unpaired) electrons. The molecular formula is C23H27ClN4O2. The van der Waals surface area contributed by atoms with E-state index in [0.717, 1.165) is 59.8 Å². The van der Waals surface area contributed by atoms with Gasteiger partial charge in [0.25, 0.3) is 5.91 Å². The van der Waals surface area contributed by atoms with Crippen LogP contribution in [0.3, 0.4) is 0 Å². The molecule has 2 aromatic heterocycles. The van der Waals surface area contributed by atoms with Gasteiger partial charge in [-0.3, -0.25) is 9.48 Å². The monoisotopic (exact) mass is 426 g/mol. The minimum atomic E-state index is -0.0695. The van der Waals surface area contributed by atoms with Crippen LogP contribution in [0.15, 0.2) is 47.1 Å². The Kier molecular flexibility index (Phi) is 6.25. The highest BCUT2D eigenvalue weighted by Gasteiger charge is 2.29. The fourth-order valence-corrected chi connectivity index (χ4v) is 4.37. The fourth-order valence-electron chi connectivity index (χ4n) is 4.14. The molecule has 2 heterocycles. The predicted molar refractivity (Wildman–Crippen MR) is 117 cm³/mol. The van der Waals surface area contributed by atoms with Gasteiger partial charge in [-0.2, -0.15) is 5.10 Å². The summed E-state index contributed by atoms with van der Waals surface area (Å²) in [6, 6.07) is 12.0. The molecule has 1 aliphatic rings. The van der Waals surface area contributed by atoms with Crippen LogP contribution in [-0.2, 0) is 32.9 Å². The number of nitrogens with zero attached hydrogens (tertiary/aromatic N) is 3. The van der Waals surface area contributed by atoms with E-state index in [4.69, 9.17) is 16.0 Å². The molecule has 158 valence electrons. The second-order valence-corrected chi connectivity index (χ2v) is 8.28. The number of fused-ring (bicyclic) bond motifs is 1. The molecule has 0 saturated heterocycles. The average Bonchev–Trinajstić information content (AvgIpc) is 3.36. The van der Waals surface area contributed by atoms with Gasteiger partial charge >= 0.3 is 0 Å². The van der Waals surface area contributed by atoms with Crippen molar-refractivity contribution in [3.05, 3.63) is 76.0 Å². The van der Waals surface area contributed by atoms with Crippen molar-refractivity contribution in [1.82, 2.24) is 20.0 Å². The van der Waals surface area contributed by atoms with Crippen LogP contribution in [0.4, 0.5) is 0 Å². The highest BCUT2D eigenvalue weighted by molar-refractivity contribution is 6.31. The number of aromatic nitrogens is 2. The first-order valence-electron chi connectivity index (χ1n) is 10.3. The molecule has 0 bridgehead atoms. The molecule has 1 atom stereocenters. The zero-order valence-corrected chi connectivity index (χ0v) is 18.2. The van der Waals surface area contributed by atoms with E-state index in [1.54, 1.807) is 18.2 Å². The number of rotatable bonds is 7. The fraction of sp³-hybridized carbons (Fsp3) is 0.391. The summed E-state index contributed by atoms with van der Waals surface area (Å²) >= 11 is 6.26. The summed E-state index contributed by atoms with van der Waals surface area (Å²) in [6.07, 6.45) is 5.26. The quantitative estimate of drug-likeness (QED) is 0.626. The van der Waals surface area contributed by atoms with Crippen LogP contribution in [-0.4, -0.2) is 40.2 Å². The van der Waals surface area contributed by atoms with Gasteiger partial charge in [0.05, 0.1) is 12.8 Å². The maximum absolute atomic E-state index is 13.1. The van der Waals surface area contributed by atoms with Gasteiger partial charge in [0, 0.05) is 36.4 Å². The van der Waals surface area contributed by atoms with E-state index < -0.39 is 0 Å². The lowest BCUT2D eigenvalue weighted by Crippen LogP contribution is -2.37. The van der Waals surface area contributed by atoms with Crippen LogP contribution in [0.2, 0.25) is 5.02 Å². The molecule has 1 N–H and O–H groups in total. The van der Waals surface area contributed by atoms with Crippen LogP contribution in [0.5, 0.6) is 0 Å². The molecule has 0 unspecified atom stereocenters. The van der Waals surface area contributed by atoms with Crippen LogP contribution >= 0.6 is 11.6 Å². The van der Waals surface area contributed by atoms with E-state index in [2.05, 4.69) is 16.5 Å². The van der Waals surface area contributed by atoms with E-state index in [1.165, 1.54) is 0 Å². The number of hydrogen-bond donors (Lipinski definition) is 1. The van der Waals surface area contributed by atoms with Crippen molar-refractivity contribution in [2.75, 3.05) is 13.6 Å². The topological polar surface area (TPSA) is 63.3 Å². The molecule has 6 nitrogen and oxygen atoms in total. The number of hydrogen-bond acceptors (Lipinski definition) is 4. The van der Waals surface area contributed by atoms with Crippen molar-refractivity contribution >= 4 is 17.5 Å². The SMILES string of the molecule is CN(Cc1ccco1)C(=O)c1nn(C)c2c1C[C@@H](NCCc1ccccc1Cl)CC2. The first-order valence-corrected chi connectivity index (χ1v) is 10.7. The third-order valence-corrected chi connectivity index (χ3v) is 6.13. The number of benzene rings is 1. The summed E-state index contributed by atoms with van der Waals surface area (Å²) in [4.78, 5) is 14.7. The number of carbonyl (C=O) groups is 1. The lowest BCUT2D eigenvalue weighted by Gasteiger charge is -2.25. The zero-order chi connectivity index (χ0) is 21.1. The molecule has 1 aliphatic carbocycles. The second-order valence-electron chi connectivity index (χ2n) is 7.87. The summed E-state index contributed by atoms with van der Waals surface area (Å²) in [6.45, 7) is 1.28. The maximum atomic E-state index is 13.1. The van der Waals surface area contributed by atoms with E-state index in [0.29, 0.717) is 18.3 Å². The Balaban J connectivity index is 1.41. The zero-order valence-electron chi connectivity index (χ0n) is 17.4. The van der Waals surface area contributed by atoms with Crippen molar-refractivity contribution in [2.24, 2.45) is 7.05 Å². The number of carbonyl (C=O) groups excluding carboxylic acids is 1. The molecule has 3 aromatic rings. The Hall–Kier alpha value is -2.57. The number of amides is 1. The van der Waals surface area contributed by atoms with E-state index in [1.807, 2.05) is 42.1 Å². The Bertz CT molecular complexity index is 1010. The Morgan fingerprint density at radius 1 is 1.33 bits per heavy atom. The maximum Gasteiger partial charge on any atom is 0.274 e. The molecule has 0 spiro atoms.